The Morgan fingerprint density at radius 3 is 2.34 bits per heavy atom. The molecule has 0 fully saturated rings. The Kier molecular flexibility index (Phi) is 9.63. The summed E-state index contributed by atoms with van der Waals surface area (Å²) in [7, 11) is 3.17. The third-order valence-electron chi connectivity index (χ3n) is 4.47. The summed E-state index contributed by atoms with van der Waals surface area (Å²) in [6.45, 7) is 2.94. The first-order valence-electron chi connectivity index (χ1n) is 10.1. The quantitative estimate of drug-likeness (QED) is 0.368. The fourth-order valence-corrected chi connectivity index (χ4v) is 2.84. The van der Waals surface area contributed by atoms with Crippen molar-refractivity contribution in [2.75, 3.05) is 26.1 Å². The zero-order valence-corrected chi connectivity index (χ0v) is 17.6. The average molecular weight is 398 g/mol. The van der Waals surface area contributed by atoms with Gasteiger partial charge in [-0.1, -0.05) is 38.7 Å². The highest BCUT2D eigenvalue weighted by Crippen LogP contribution is 2.28. The van der Waals surface area contributed by atoms with Gasteiger partial charge in [-0.2, -0.15) is 0 Å². The molecule has 5 nitrogen and oxygen atoms in total. The molecule has 0 aliphatic carbocycles. The summed E-state index contributed by atoms with van der Waals surface area (Å²) in [5, 5.41) is 2.84. The van der Waals surface area contributed by atoms with Gasteiger partial charge in [0.1, 0.15) is 5.75 Å². The van der Waals surface area contributed by atoms with Crippen molar-refractivity contribution in [3.8, 4) is 17.2 Å². The maximum atomic E-state index is 12.2. The van der Waals surface area contributed by atoms with Crippen molar-refractivity contribution in [3.63, 3.8) is 0 Å². The maximum Gasteiger partial charge on any atom is 0.248 e. The molecule has 0 spiro atoms. The molecule has 0 saturated carbocycles. The number of carbonyl (C=O) groups excluding carboxylic acids is 1. The molecule has 0 saturated heterocycles. The highest BCUT2D eigenvalue weighted by atomic mass is 16.5. The van der Waals surface area contributed by atoms with E-state index in [1.807, 2.05) is 36.4 Å². The summed E-state index contributed by atoms with van der Waals surface area (Å²) in [6.07, 6.45) is 9.29. The van der Waals surface area contributed by atoms with Crippen LogP contribution < -0.4 is 19.5 Å². The molecule has 5 heteroatoms. The minimum Gasteiger partial charge on any atom is -0.494 e. The Balaban J connectivity index is 1.80. The molecule has 2 rings (SSSR count). The van der Waals surface area contributed by atoms with Gasteiger partial charge in [0.2, 0.25) is 5.91 Å². The maximum absolute atomic E-state index is 12.2. The topological polar surface area (TPSA) is 56.8 Å². The summed E-state index contributed by atoms with van der Waals surface area (Å²) < 4.78 is 16.2. The molecule has 0 aromatic heterocycles. The lowest BCUT2D eigenvalue weighted by molar-refractivity contribution is -0.111. The van der Waals surface area contributed by atoms with Crippen LogP contribution in [-0.4, -0.2) is 26.7 Å². The number of anilines is 1. The van der Waals surface area contributed by atoms with Crippen LogP contribution in [0.25, 0.3) is 6.08 Å². The summed E-state index contributed by atoms with van der Waals surface area (Å²) in [4.78, 5) is 12.2. The number of nitrogens with one attached hydrogen (secondary N) is 1. The molecule has 2 aromatic rings. The van der Waals surface area contributed by atoms with Gasteiger partial charge in [0.25, 0.3) is 0 Å². The molecular formula is C24H31NO4. The highest BCUT2D eigenvalue weighted by Gasteiger charge is 2.04. The van der Waals surface area contributed by atoms with E-state index in [9.17, 15) is 4.79 Å². The average Bonchev–Trinajstić information content (AvgIpc) is 2.75. The highest BCUT2D eigenvalue weighted by molar-refractivity contribution is 6.01. The van der Waals surface area contributed by atoms with Crippen molar-refractivity contribution in [3.05, 3.63) is 54.1 Å². The van der Waals surface area contributed by atoms with Crippen molar-refractivity contribution in [1.82, 2.24) is 0 Å². The molecule has 1 N–H and O–H groups in total. The number of hydrogen-bond acceptors (Lipinski definition) is 4. The lowest BCUT2D eigenvalue weighted by Gasteiger charge is -2.08. The number of amides is 1. The van der Waals surface area contributed by atoms with Crippen molar-refractivity contribution >= 4 is 17.7 Å². The molecule has 0 aliphatic heterocycles. The fourth-order valence-electron chi connectivity index (χ4n) is 2.84. The number of hydrogen-bond donors (Lipinski definition) is 1. The molecule has 0 heterocycles. The molecule has 0 radical (unpaired) electrons. The number of benzene rings is 2. The van der Waals surface area contributed by atoms with E-state index in [2.05, 4.69) is 12.2 Å². The minimum absolute atomic E-state index is 0.204. The molecule has 2 aromatic carbocycles. The van der Waals surface area contributed by atoms with E-state index in [1.165, 1.54) is 31.8 Å². The molecule has 1 amide bonds. The zero-order chi connectivity index (χ0) is 20.9. The molecule has 29 heavy (non-hydrogen) atoms. The van der Waals surface area contributed by atoms with Gasteiger partial charge in [-0.25, -0.2) is 0 Å². The van der Waals surface area contributed by atoms with Crippen LogP contribution in [0.4, 0.5) is 5.69 Å². The second kappa shape index (κ2) is 12.5. The van der Waals surface area contributed by atoms with E-state index in [-0.39, 0.29) is 5.91 Å². The normalized spacial score (nSPS) is 10.7. The van der Waals surface area contributed by atoms with Gasteiger partial charge < -0.3 is 19.5 Å². The van der Waals surface area contributed by atoms with Gasteiger partial charge in [-0.3, -0.25) is 4.79 Å². The summed E-state index contributed by atoms with van der Waals surface area (Å²) in [5.74, 6) is 1.89. The smallest absolute Gasteiger partial charge is 0.248 e. The second-order valence-corrected chi connectivity index (χ2v) is 6.72. The Labute approximate surface area is 173 Å². The molecule has 0 unspecified atom stereocenters. The van der Waals surface area contributed by atoms with Crippen LogP contribution in [0.1, 0.15) is 44.6 Å². The summed E-state index contributed by atoms with van der Waals surface area (Å²) in [6, 6.07) is 12.9. The molecule has 0 atom stereocenters. The molecule has 0 bridgehead atoms. The van der Waals surface area contributed by atoms with E-state index in [4.69, 9.17) is 14.2 Å². The first-order chi connectivity index (χ1) is 14.2. The van der Waals surface area contributed by atoms with Gasteiger partial charge in [0.05, 0.1) is 20.8 Å². The number of ether oxygens (including phenoxy) is 3. The van der Waals surface area contributed by atoms with Crippen molar-refractivity contribution in [2.45, 2.75) is 39.0 Å². The Hall–Kier alpha value is -2.95. The molecule has 156 valence electrons. The Morgan fingerprint density at radius 2 is 1.66 bits per heavy atom. The predicted molar refractivity (Wildman–Crippen MR) is 118 cm³/mol. The number of methoxy groups -OCH3 is 2. The number of carbonyl (C=O) groups is 1. The first kappa shape index (κ1) is 22.3. The van der Waals surface area contributed by atoms with Gasteiger partial charge >= 0.3 is 0 Å². The van der Waals surface area contributed by atoms with E-state index >= 15 is 0 Å². The number of unbranched alkanes of at least 4 members (excludes halogenated alkanes) is 4. The Bertz CT molecular complexity index is 784. The Morgan fingerprint density at radius 1 is 0.931 bits per heavy atom. The first-order valence-corrected chi connectivity index (χ1v) is 10.1. The van der Waals surface area contributed by atoms with Crippen LogP contribution in [-0.2, 0) is 4.79 Å². The van der Waals surface area contributed by atoms with Crippen LogP contribution in [0.5, 0.6) is 17.2 Å². The monoisotopic (exact) mass is 397 g/mol. The lowest BCUT2D eigenvalue weighted by atomic mass is 10.2. The van der Waals surface area contributed by atoms with Crippen LogP contribution in [0, 0.1) is 0 Å². The van der Waals surface area contributed by atoms with E-state index < -0.39 is 0 Å². The molecule has 0 aliphatic rings. The van der Waals surface area contributed by atoms with E-state index in [0.29, 0.717) is 11.5 Å². The van der Waals surface area contributed by atoms with Crippen LogP contribution in [0.2, 0.25) is 0 Å². The van der Waals surface area contributed by atoms with Crippen molar-refractivity contribution < 1.29 is 19.0 Å². The van der Waals surface area contributed by atoms with Crippen LogP contribution in [0.3, 0.4) is 0 Å². The van der Waals surface area contributed by atoms with Crippen molar-refractivity contribution in [2.24, 2.45) is 0 Å². The predicted octanol–water partition coefficient (Wildman–Crippen LogP) is 5.70. The van der Waals surface area contributed by atoms with Crippen LogP contribution in [0.15, 0.2) is 48.5 Å². The SMILES string of the molecule is CCCCCCCOc1ccc(NC(=O)/C=C/c2ccc(OC)c(OC)c2)cc1. The summed E-state index contributed by atoms with van der Waals surface area (Å²) >= 11 is 0. The standard InChI is InChI=1S/C24H31NO4/c1-4-5-6-7-8-17-29-21-13-11-20(12-14-21)25-24(26)16-10-19-9-15-22(27-2)23(18-19)28-3/h9-16,18H,4-8,17H2,1-3H3,(H,25,26)/b16-10+. The van der Waals surface area contributed by atoms with Crippen molar-refractivity contribution in [1.29, 1.82) is 0 Å². The van der Waals surface area contributed by atoms with Gasteiger partial charge in [-0.05, 0) is 54.5 Å². The third-order valence-corrected chi connectivity index (χ3v) is 4.47. The van der Waals surface area contributed by atoms with Crippen LogP contribution >= 0.6 is 0 Å². The van der Waals surface area contributed by atoms with E-state index in [1.54, 1.807) is 26.4 Å². The summed E-state index contributed by atoms with van der Waals surface area (Å²) in [5.41, 5.74) is 1.57. The van der Waals surface area contributed by atoms with Gasteiger partial charge in [-0.15, -0.1) is 0 Å². The number of rotatable bonds is 12. The van der Waals surface area contributed by atoms with E-state index in [0.717, 1.165) is 30.0 Å². The lowest BCUT2D eigenvalue weighted by Crippen LogP contribution is -2.07. The minimum atomic E-state index is -0.204. The second-order valence-electron chi connectivity index (χ2n) is 6.72. The molecular weight excluding hydrogens is 366 g/mol. The fraction of sp³-hybridized carbons (Fsp3) is 0.375. The van der Waals surface area contributed by atoms with Gasteiger partial charge in [0, 0.05) is 11.8 Å². The largest absolute Gasteiger partial charge is 0.494 e. The van der Waals surface area contributed by atoms with Gasteiger partial charge in [0.15, 0.2) is 11.5 Å². The zero-order valence-electron chi connectivity index (χ0n) is 17.6. The third kappa shape index (κ3) is 7.90.